The number of nitrogens with one attached hydrogen (secondary N) is 1. The van der Waals surface area contributed by atoms with Gasteiger partial charge in [0, 0.05) is 16.6 Å². The summed E-state index contributed by atoms with van der Waals surface area (Å²) in [5.74, 6) is 2.93. The maximum atomic E-state index is 9.55. The van der Waals surface area contributed by atoms with Crippen molar-refractivity contribution < 1.29 is 5.11 Å². The van der Waals surface area contributed by atoms with Gasteiger partial charge in [0.1, 0.15) is 0 Å². The standard InChI is InChI=1S/C18H24BrNO/c19-17-2-1-15(16(6-17)11-21)10-20-18-7-12-3-13(8-18)5-14(4-12)9-18/h1-2,6,12-14,20-21H,3-5,7-11H2. The van der Waals surface area contributed by atoms with Gasteiger partial charge in [0.15, 0.2) is 0 Å². The molecule has 0 amide bonds. The van der Waals surface area contributed by atoms with Crippen molar-refractivity contribution in [1.82, 2.24) is 5.32 Å². The van der Waals surface area contributed by atoms with Gasteiger partial charge in [0.2, 0.25) is 0 Å². The molecule has 2 nitrogen and oxygen atoms in total. The van der Waals surface area contributed by atoms with Crippen molar-refractivity contribution in [2.24, 2.45) is 17.8 Å². The predicted octanol–water partition coefficient (Wildman–Crippen LogP) is 4.00. The molecule has 4 aliphatic rings. The summed E-state index contributed by atoms with van der Waals surface area (Å²) in [7, 11) is 0. The minimum atomic E-state index is 0.122. The van der Waals surface area contributed by atoms with Crippen LogP contribution in [0.3, 0.4) is 0 Å². The molecule has 1 aromatic rings. The summed E-state index contributed by atoms with van der Waals surface area (Å²) in [5.41, 5.74) is 2.69. The summed E-state index contributed by atoms with van der Waals surface area (Å²) in [6.45, 7) is 1.02. The highest BCUT2D eigenvalue weighted by Gasteiger charge is 2.50. The van der Waals surface area contributed by atoms with Gasteiger partial charge in [-0.15, -0.1) is 0 Å². The van der Waals surface area contributed by atoms with Gasteiger partial charge >= 0.3 is 0 Å². The maximum absolute atomic E-state index is 9.55. The van der Waals surface area contributed by atoms with Gasteiger partial charge in [-0.05, 0) is 79.5 Å². The van der Waals surface area contributed by atoms with E-state index in [2.05, 4.69) is 33.4 Å². The molecule has 0 aliphatic heterocycles. The molecule has 4 aliphatic carbocycles. The van der Waals surface area contributed by atoms with Crippen LogP contribution in [0.4, 0.5) is 0 Å². The lowest BCUT2D eigenvalue weighted by atomic mass is 9.53. The first-order chi connectivity index (χ1) is 10.2. The fourth-order valence-corrected chi connectivity index (χ4v) is 5.93. The number of hydrogen-bond donors (Lipinski definition) is 2. The molecule has 0 aromatic heterocycles. The van der Waals surface area contributed by atoms with Crippen LogP contribution in [0.5, 0.6) is 0 Å². The molecule has 3 heteroatoms. The first-order valence-electron chi connectivity index (χ1n) is 8.29. The lowest BCUT2D eigenvalue weighted by Gasteiger charge is -2.57. The molecule has 0 atom stereocenters. The Hall–Kier alpha value is -0.380. The number of aliphatic hydroxyl groups excluding tert-OH is 1. The van der Waals surface area contributed by atoms with Crippen molar-refractivity contribution in [3.05, 3.63) is 33.8 Å². The molecular weight excluding hydrogens is 326 g/mol. The van der Waals surface area contributed by atoms with Crippen molar-refractivity contribution in [2.45, 2.75) is 57.2 Å². The Bertz CT molecular complexity index is 507. The van der Waals surface area contributed by atoms with E-state index in [-0.39, 0.29) is 6.61 Å². The number of hydrogen-bond acceptors (Lipinski definition) is 2. The summed E-state index contributed by atoms with van der Waals surface area (Å²) in [6, 6.07) is 6.26. The van der Waals surface area contributed by atoms with E-state index < -0.39 is 0 Å². The van der Waals surface area contributed by atoms with Gasteiger partial charge in [-0.1, -0.05) is 22.0 Å². The Morgan fingerprint density at radius 1 is 1.05 bits per heavy atom. The highest BCUT2D eigenvalue weighted by molar-refractivity contribution is 9.10. The molecule has 4 saturated carbocycles. The molecule has 114 valence electrons. The average molecular weight is 350 g/mol. The van der Waals surface area contributed by atoms with Crippen LogP contribution in [0.2, 0.25) is 0 Å². The van der Waals surface area contributed by atoms with E-state index in [0.29, 0.717) is 5.54 Å². The SMILES string of the molecule is OCc1cc(Br)ccc1CNC12CC3CC(CC(C3)C1)C2. The van der Waals surface area contributed by atoms with Crippen molar-refractivity contribution >= 4 is 15.9 Å². The molecule has 0 radical (unpaired) electrons. The largest absolute Gasteiger partial charge is 0.392 e. The van der Waals surface area contributed by atoms with Gasteiger partial charge < -0.3 is 10.4 Å². The van der Waals surface area contributed by atoms with Crippen molar-refractivity contribution in [2.75, 3.05) is 0 Å². The van der Waals surface area contributed by atoms with Crippen LogP contribution in [0.25, 0.3) is 0 Å². The van der Waals surface area contributed by atoms with Crippen LogP contribution < -0.4 is 5.32 Å². The fourth-order valence-electron chi connectivity index (χ4n) is 5.52. The van der Waals surface area contributed by atoms with E-state index in [4.69, 9.17) is 0 Å². The number of benzene rings is 1. The summed E-state index contributed by atoms with van der Waals surface area (Å²) < 4.78 is 1.05. The van der Waals surface area contributed by atoms with E-state index in [9.17, 15) is 5.11 Å². The van der Waals surface area contributed by atoms with Crippen LogP contribution in [-0.4, -0.2) is 10.6 Å². The van der Waals surface area contributed by atoms with E-state index >= 15 is 0 Å². The highest BCUT2D eigenvalue weighted by Crippen LogP contribution is 2.55. The van der Waals surface area contributed by atoms with Crippen LogP contribution in [0, 0.1) is 17.8 Å². The number of aliphatic hydroxyl groups is 1. The summed E-state index contributed by atoms with van der Waals surface area (Å²) in [5, 5.41) is 13.5. The van der Waals surface area contributed by atoms with E-state index in [1.54, 1.807) is 0 Å². The number of halogens is 1. The van der Waals surface area contributed by atoms with Crippen LogP contribution >= 0.6 is 15.9 Å². The third kappa shape index (κ3) is 2.69. The quantitative estimate of drug-likeness (QED) is 0.860. The highest BCUT2D eigenvalue weighted by atomic mass is 79.9. The normalized spacial score (nSPS) is 37.1. The van der Waals surface area contributed by atoms with Gasteiger partial charge in [-0.2, -0.15) is 0 Å². The maximum Gasteiger partial charge on any atom is 0.0685 e. The predicted molar refractivity (Wildman–Crippen MR) is 87.8 cm³/mol. The van der Waals surface area contributed by atoms with Crippen molar-refractivity contribution in [3.8, 4) is 0 Å². The third-order valence-electron chi connectivity index (χ3n) is 6.03. The Labute approximate surface area is 135 Å². The Kier molecular flexibility index (Phi) is 3.63. The third-order valence-corrected chi connectivity index (χ3v) is 6.52. The zero-order chi connectivity index (χ0) is 14.4. The van der Waals surface area contributed by atoms with Gasteiger partial charge in [-0.25, -0.2) is 0 Å². The smallest absolute Gasteiger partial charge is 0.0685 e. The van der Waals surface area contributed by atoms with Crippen LogP contribution in [-0.2, 0) is 13.2 Å². The zero-order valence-electron chi connectivity index (χ0n) is 12.4. The molecule has 0 unspecified atom stereocenters. The molecule has 2 N–H and O–H groups in total. The zero-order valence-corrected chi connectivity index (χ0v) is 14.0. The topological polar surface area (TPSA) is 32.3 Å². The molecule has 5 rings (SSSR count). The molecular formula is C18H24BrNO. The number of rotatable bonds is 4. The molecule has 21 heavy (non-hydrogen) atoms. The van der Waals surface area contributed by atoms with Gasteiger partial charge in [-0.3, -0.25) is 0 Å². The fraction of sp³-hybridized carbons (Fsp3) is 0.667. The lowest BCUT2D eigenvalue weighted by Crippen LogP contribution is -2.58. The summed E-state index contributed by atoms with van der Waals surface area (Å²) in [4.78, 5) is 0. The minimum Gasteiger partial charge on any atom is -0.392 e. The molecule has 0 saturated heterocycles. The second-order valence-electron chi connectivity index (χ2n) is 7.62. The Morgan fingerprint density at radius 2 is 1.67 bits per heavy atom. The second kappa shape index (κ2) is 5.36. The monoisotopic (exact) mass is 349 g/mol. The summed E-state index contributed by atoms with van der Waals surface area (Å²) in [6.07, 6.45) is 8.60. The average Bonchev–Trinajstić information content (AvgIpc) is 2.44. The van der Waals surface area contributed by atoms with E-state index in [0.717, 1.165) is 34.3 Å². The Morgan fingerprint density at radius 3 is 2.24 bits per heavy atom. The minimum absolute atomic E-state index is 0.122. The van der Waals surface area contributed by atoms with Crippen molar-refractivity contribution in [3.63, 3.8) is 0 Å². The molecule has 4 bridgehead atoms. The first kappa shape index (κ1) is 14.2. The summed E-state index contributed by atoms with van der Waals surface area (Å²) >= 11 is 3.49. The van der Waals surface area contributed by atoms with Gasteiger partial charge in [0.25, 0.3) is 0 Å². The van der Waals surface area contributed by atoms with Gasteiger partial charge in [0.05, 0.1) is 6.61 Å². The van der Waals surface area contributed by atoms with Crippen molar-refractivity contribution in [1.29, 1.82) is 0 Å². The first-order valence-corrected chi connectivity index (χ1v) is 9.08. The van der Waals surface area contributed by atoms with Crippen LogP contribution in [0.15, 0.2) is 22.7 Å². The molecule has 0 spiro atoms. The molecule has 0 heterocycles. The Balaban J connectivity index is 1.49. The van der Waals surface area contributed by atoms with E-state index in [1.807, 2.05) is 6.07 Å². The molecule has 1 aromatic carbocycles. The molecule has 4 fully saturated rings. The second-order valence-corrected chi connectivity index (χ2v) is 8.54. The lowest BCUT2D eigenvalue weighted by molar-refractivity contribution is -0.0206. The van der Waals surface area contributed by atoms with E-state index in [1.165, 1.54) is 44.1 Å². The van der Waals surface area contributed by atoms with Crippen LogP contribution in [0.1, 0.15) is 49.7 Å².